The van der Waals surface area contributed by atoms with Crippen molar-refractivity contribution in [3.05, 3.63) is 73.8 Å². The fraction of sp³-hybridized carbons (Fsp3) is 0.458. The van der Waals surface area contributed by atoms with Crippen molar-refractivity contribution in [1.29, 1.82) is 0 Å². The second-order valence-corrected chi connectivity index (χ2v) is 9.99. The highest BCUT2D eigenvalue weighted by atomic mass is 32.1. The molecule has 1 aliphatic heterocycles. The molecule has 1 aromatic carbocycles. The highest BCUT2D eigenvalue weighted by Gasteiger charge is 2.35. The molecule has 0 radical (unpaired) electrons. The summed E-state index contributed by atoms with van der Waals surface area (Å²) in [5.74, 6) is -2.22. The van der Waals surface area contributed by atoms with Crippen molar-refractivity contribution in [2.75, 3.05) is 13.1 Å². The van der Waals surface area contributed by atoms with Crippen molar-refractivity contribution in [3.63, 3.8) is 0 Å². The van der Waals surface area contributed by atoms with Crippen molar-refractivity contribution in [3.8, 4) is 0 Å². The predicted octanol–water partition coefficient (Wildman–Crippen LogP) is 5.28. The molecule has 2 atom stereocenters. The maximum Gasteiger partial charge on any atom is 0.435 e. The zero-order valence-electron chi connectivity index (χ0n) is 20.2. The van der Waals surface area contributed by atoms with Crippen molar-refractivity contribution in [1.82, 2.24) is 19.7 Å². The summed E-state index contributed by atoms with van der Waals surface area (Å²) in [5, 5.41) is 19.2. The van der Waals surface area contributed by atoms with Crippen LogP contribution in [0.15, 0.2) is 34.8 Å². The van der Waals surface area contributed by atoms with Crippen LogP contribution in [0.5, 0.6) is 0 Å². The molecular formula is C24H24F5N5O3S. The molecule has 3 aromatic rings. The first-order chi connectivity index (χ1) is 18.0. The normalized spacial score (nSPS) is 16.4. The van der Waals surface area contributed by atoms with E-state index in [2.05, 4.69) is 15.3 Å². The number of aliphatic hydroxyl groups excluding tert-OH is 1. The van der Waals surface area contributed by atoms with Crippen LogP contribution in [0.2, 0.25) is 0 Å². The van der Waals surface area contributed by atoms with Gasteiger partial charge in [0.2, 0.25) is 5.91 Å². The molecule has 3 heterocycles. The molecule has 14 heteroatoms. The van der Waals surface area contributed by atoms with Crippen LogP contribution in [-0.4, -0.2) is 43.8 Å². The first-order valence-corrected chi connectivity index (χ1v) is 12.6. The highest BCUT2D eigenvalue weighted by molar-refractivity contribution is 7.09. The molecule has 38 heavy (non-hydrogen) atoms. The fourth-order valence-corrected chi connectivity index (χ4v) is 5.47. The number of piperidine rings is 1. The standard InChI is InChI=1S/C24H24F5N5O3S/c1-13-9-20(24(27,28)29)31-34(13)11-21(36)33-7-5-14(6-8-33)23-30-18(12-38-23)17(32-37)10-19(35)22-15(25)3-2-4-16(22)26/h2-4,9,12,14,17,19,35H,5-8,10-11H2,1H3. The van der Waals surface area contributed by atoms with E-state index in [1.807, 2.05) is 0 Å². The first kappa shape index (κ1) is 27.8. The van der Waals surface area contributed by atoms with Crippen LogP contribution in [0.4, 0.5) is 22.0 Å². The van der Waals surface area contributed by atoms with E-state index in [1.54, 1.807) is 10.3 Å². The van der Waals surface area contributed by atoms with Crippen LogP contribution in [0.25, 0.3) is 0 Å². The molecule has 0 saturated carbocycles. The molecule has 0 spiro atoms. The van der Waals surface area contributed by atoms with E-state index >= 15 is 0 Å². The van der Waals surface area contributed by atoms with Crippen molar-refractivity contribution in [2.24, 2.45) is 5.18 Å². The second-order valence-electron chi connectivity index (χ2n) is 9.10. The van der Waals surface area contributed by atoms with Gasteiger partial charge in [0.25, 0.3) is 0 Å². The number of thiazole rings is 1. The number of rotatable bonds is 8. The molecule has 204 valence electrons. The minimum atomic E-state index is -4.59. The summed E-state index contributed by atoms with van der Waals surface area (Å²) in [7, 11) is 0. The summed E-state index contributed by atoms with van der Waals surface area (Å²) in [6.45, 7) is 1.89. The van der Waals surface area contributed by atoms with Gasteiger partial charge in [-0.05, 0) is 38.0 Å². The number of hydrogen-bond donors (Lipinski definition) is 1. The maximum atomic E-state index is 14.0. The minimum absolute atomic E-state index is 0.0256. The van der Waals surface area contributed by atoms with Gasteiger partial charge in [-0.25, -0.2) is 13.8 Å². The Bertz CT molecular complexity index is 1280. The number of alkyl halides is 3. The zero-order valence-corrected chi connectivity index (χ0v) is 21.0. The number of aliphatic hydroxyl groups is 1. The average Bonchev–Trinajstić information content (AvgIpc) is 3.50. The lowest BCUT2D eigenvalue weighted by atomic mass is 9.97. The lowest BCUT2D eigenvalue weighted by Crippen LogP contribution is -2.40. The van der Waals surface area contributed by atoms with Gasteiger partial charge in [-0.3, -0.25) is 9.48 Å². The number of likely N-dealkylation sites (tertiary alicyclic amines) is 1. The third kappa shape index (κ3) is 6.07. The Hall–Kier alpha value is -3.26. The number of amides is 1. The summed E-state index contributed by atoms with van der Waals surface area (Å²) in [5.41, 5.74) is -1.06. The van der Waals surface area contributed by atoms with E-state index in [0.29, 0.717) is 30.9 Å². The first-order valence-electron chi connectivity index (χ1n) is 11.8. The van der Waals surface area contributed by atoms with Gasteiger partial charge >= 0.3 is 6.18 Å². The van der Waals surface area contributed by atoms with Gasteiger partial charge in [-0.15, -0.1) is 11.3 Å². The zero-order chi connectivity index (χ0) is 27.6. The number of halogens is 5. The Balaban J connectivity index is 1.35. The van der Waals surface area contributed by atoms with Gasteiger partial charge in [-0.1, -0.05) is 11.2 Å². The van der Waals surface area contributed by atoms with Gasteiger partial charge in [0.1, 0.15) is 24.2 Å². The summed E-state index contributed by atoms with van der Waals surface area (Å²) < 4.78 is 67.7. The van der Waals surface area contributed by atoms with E-state index in [4.69, 9.17) is 0 Å². The van der Waals surface area contributed by atoms with Gasteiger partial charge in [0.05, 0.1) is 22.4 Å². The van der Waals surface area contributed by atoms with Gasteiger partial charge in [-0.2, -0.15) is 23.2 Å². The SMILES string of the molecule is Cc1cc(C(F)(F)F)nn1CC(=O)N1CCC(c2nc(C(CC(O)c3c(F)cccc3F)N=O)cs2)CC1. The molecule has 1 amide bonds. The third-order valence-electron chi connectivity index (χ3n) is 6.54. The van der Waals surface area contributed by atoms with Crippen LogP contribution in [0, 0.1) is 23.5 Å². The third-order valence-corrected chi connectivity index (χ3v) is 7.57. The Morgan fingerprint density at radius 1 is 1.24 bits per heavy atom. The number of carbonyl (C=O) groups is 1. The fourth-order valence-electron chi connectivity index (χ4n) is 4.43. The molecule has 2 unspecified atom stereocenters. The quantitative estimate of drug-likeness (QED) is 0.300. The number of aromatic nitrogens is 3. The number of nitrogens with zero attached hydrogens (tertiary/aromatic N) is 5. The topological polar surface area (TPSA) is 101 Å². The van der Waals surface area contributed by atoms with Crippen molar-refractivity contribution >= 4 is 17.2 Å². The summed E-state index contributed by atoms with van der Waals surface area (Å²) >= 11 is 1.28. The minimum Gasteiger partial charge on any atom is -0.388 e. The number of nitroso groups, excluding NO2 is 1. The van der Waals surface area contributed by atoms with Gasteiger partial charge in [0.15, 0.2) is 5.69 Å². The van der Waals surface area contributed by atoms with Gasteiger partial charge in [0, 0.05) is 36.5 Å². The highest BCUT2D eigenvalue weighted by Crippen LogP contribution is 2.36. The lowest BCUT2D eigenvalue weighted by Gasteiger charge is -2.31. The van der Waals surface area contributed by atoms with E-state index in [1.165, 1.54) is 24.3 Å². The maximum absolute atomic E-state index is 14.0. The monoisotopic (exact) mass is 557 g/mol. The van der Waals surface area contributed by atoms with Crippen LogP contribution >= 0.6 is 11.3 Å². The second kappa shape index (κ2) is 11.2. The summed E-state index contributed by atoms with van der Waals surface area (Å²) in [6.07, 6.45) is -5.43. The number of hydrogen-bond acceptors (Lipinski definition) is 7. The molecule has 4 rings (SSSR count). The van der Waals surface area contributed by atoms with E-state index in [0.717, 1.165) is 22.9 Å². The number of benzene rings is 1. The van der Waals surface area contributed by atoms with E-state index in [-0.39, 0.29) is 36.2 Å². The Morgan fingerprint density at radius 2 is 1.89 bits per heavy atom. The summed E-state index contributed by atoms with van der Waals surface area (Å²) in [6, 6.07) is 2.98. The lowest BCUT2D eigenvalue weighted by molar-refractivity contribution is -0.142. The molecule has 1 aliphatic rings. The average molecular weight is 558 g/mol. The Labute approximate surface area is 218 Å². The largest absolute Gasteiger partial charge is 0.435 e. The van der Waals surface area contributed by atoms with Crippen LogP contribution < -0.4 is 0 Å². The summed E-state index contributed by atoms with van der Waals surface area (Å²) in [4.78, 5) is 30.2. The molecule has 1 N–H and O–H groups in total. The Kier molecular flexibility index (Phi) is 8.21. The van der Waals surface area contributed by atoms with Crippen LogP contribution in [0.1, 0.15) is 65.0 Å². The van der Waals surface area contributed by atoms with Crippen molar-refractivity contribution < 1.29 is 31.9 Å². The van der Waals surface area contributed by atoms with Crippen molar-refractivity contribution in [2.45, 2.75) is 57.0 Å². The van der Waals surface area contributed by atoms with E-state index < -0.39 is 41.2 Å². The molecular weight excluding hydrogens is 533 g/mol. The smallest absolute Gasteiger partial charge is 0.388 e. The van der Waals surface area contributed by atoms with Crippen LogP contribution in [-0.2, 0) is 17.5 Å². The number of carbonyl (C=O) groups excluding carboxylic acids is 1. The molecule has 2 aromatic heterocycles. The molecule has 0 aliphatic carbocycles. The van der Waals surface area contributed by atoms with Gasteiger partial charge < -0.3 is 10.0 Å². The predicted molar refractivity (Wildman–Crippen MR) is 127 cm³/mol. The molecule has 1 saturated heterocycles. The number of aryl methyl sites for hydroxylation is 1. The Morgan fingerprint density at radius 3 is 2.47 bits per heavy atom. The molecule has 0 bridgehead atoms. The van der Waals surface area contributed by atoms with E-state index in [9.17, 15) is 36.8 Å². The molecule has 8 nitrogen and oxygen atoms in total. The molecule has 1 fully saturated rings. The van der Waals surface area contributed by atoms with Crippen LogP contribution in [0.3, 0.4) is 0 Å².